The van der Waals surface area contributed by atoms with Crippen LogP contribution in [0.25, 0.3) is 11.0 Å². The Hall–Kier alpha value is -1.23. The van der Waals surface area contributed by atoms with Gasteiger partial charge in [0.1, 0.15) is 0 Å². The van der Waals surface area contributed by atoms with E-state index < -0.39 is 12.0 Å². The zero-order valence-corrected chi connectivity index (χ0v) is 8.37. The van der Waals surface area contributed by atoms with Crippen molar-refractivity contribution >= 4 is 22.6 Å². The van der Waals surface area contributed by atoms with E-state index in [1.807, 2.05) is 0 Å². The maximum atomic E-state index is 12.4. The van der Waals surface area contributed by atoms with Gasteiger partial charge in [0.05, 0.1) is 16.1 Å². The fourth-order valence-electron chi connectivity index (χ4n) is 1.33. The van der Waals surface area contributed by atoms with Gasteiger partial charge in [0.2, 0.25) is 5.82 Å². The van der Waals surface area contributed by atoms with Gasteiger partial charge in [-0.15, -0.1) is 0 Å². The van der Waals surface area contributed by atoms with Crippen molar-refractivity contribution in [2.45, 2.75) is 13.1 Å². The summed E-state index contributed by atoms with van der Waals surface area (Å²) in [5.41, 5.74) is 1.14. The second-order valence-electron chi connectivity index (χ2n) is 3.17. The van der Waals surface area contributed by atoms with Gasteiger partial charge in [-0.3, -0.25) is 0 Å². The Bertz CT molecular complexity index is 477. The van der Waals surface area contributed by atoms with Gasteiger partial charge < -0.3 is 4.98 Å². The van der Waals surface area contributed by atoms with Crippen molar-refractivity contribution < 1.29 is 13.2 Å². The maximum absolute atomic E-state index is 12.4. The minimum atomic E-state index is -4.48. The summed E-state index contributed by atoms with van der Waals surface area (Å²) in [5.74, 6) is -1.02. The van der Waals surface area contributed by atoms with Crippen LogP contribution in [0.3, 0.4) is 0 Å². The molecule has 1 aromatic heterocycles. The van der Waals surface area contributed by atoms with E-state index in [1.165, 1.54) is 6.07 Å². The number of H-pyrrole nitrogens is 1. The van der Waals surface area contributed by atoms with E-state index in [2.05, 4.69) is 9.97 Å². The second kappa shape index (κ2) is 3.13. The number of rotatable bonds is 0. The van der Waals surface area contributed by atoms with Crippen LogP contribution in [-0.2, 0) is 6.18 Å². The molecule has 80 valence electrons. The van der Waals surface area contributed by atoms with Crippen LogP contribution in [0.4, 0.5) is 13.2 Å². The monoisotopic (exact) mass is 234 g/mol. The molecule has 2 rings (SSSR count). The molecule has 1 heterocycles. The van der Waals surface area contributed by atoms with Crippen molar-refractivity contribution in [3.05, 3.63) is 28.5 Å². The first kappa shape index (κ1) is 10.3. The molecule has 0 aliphatic carbocycles. The van der Waals surface area contributed by atoms with Gasteiger partial charge >= 0.3 is 6.18 Å². The van der Waals surface area contributed by atoms with E-state index >= 15 is 0 Å². The van der Waals surface area contributed by atoms with E-state index in [0.717, 1.165) is 0 Å². The summed E-state index contributed by atoms with van der Waals surface area (Å²) in [7, 11) is 0. The van der Waals surface area contributed by atoms with Crippen molar-refractivity contribution in [2.24, 2.45) is 0 Å². The maximum Gasteiger partial charge on any atom is 0.449 e. The molecule has 0 saturated carbocycles. The molecule has 0 aliphatic rings. The lowest BCUT2D eigenvalue weighted by Crippen LogP contribution is -2.06. The largest absolute Gasteiger partial charge is 0.449 e. The number of imidazole rings is 1. The molecule has 0 atom stereocenters. The van der Waals surface area contributed by atoms with Crippen LogP contribution in [0.15, 0.2) is 12.1 Å². The number of nitrogens with zero attached hydrogens (tertiary/aromatic N) is 1. The Morgan fingerprint density at radius 3 is 2.53 bits per heavy atom. The number of hydrogen-bond acceptors (Lipinski definition) is 1. The number of halogens is 4. The van der Waals surface area contributed by atoms with Crippen LogP contribution >= 0.6 is 11.6 Å². The first-order valence-corrected chi connectivity index (χ1v) is 4.49. The summed E-state index contributed by atoms with van der Waals surface area (Å²) in [4.78, 5) is 5.66. The number of aromatic amines is 1. The normalized spacial score (nSPS) is 12.3. The zero-order chi connectivity index (χ0) is 11.2. The lowest BCUT2D eigenvalue weighted by atomic mass is 10.2. The molecule has 2 aromatic rings. The molecule has 0 bridgehead atoms. The molecule has 2 nitrogen and oxygen atoms in total. The second-order valence-corrected chi connectivity index (χ2v) is 3.58. The highest BCUT2D eigenvalue weighted by molar-refractivity contribution is 6.35. The standard InChI is InChI=1S/C9H6ClF3N2/c1-4-2-3-5(10)7-6(4)14-8(15-7)9(11,12)13/h2-3H,1H3,(H,14,15). The highest BCUT2D eigenvalue weighted by Crippen LogP contribution is 2.31. The van der Waals surface area contributed by atoms with Crippen LogP contribution in [0, 0.1) is 6.92 Å². The molecule has 1 aromatic carbocycles. The Morgan fingerprint density at radius 1 is 1.33 bits per heavy atom. The van der Waals surface area contributed by atoms with E-state index in [4.69, 9.17) is 11.6 Å². The van der Waals surface area contributed by atoms with Crippen LogP contribution in [0.2, 0.25) is 5.02 Å². The number of nitrogens with one attached hydrogen (secondary N) is 1. The van der Waals surface area contributed by atoms with Crippen molar-refractivity contribution in [3.63, 3.8) is 0 Å². The molecule has 0 spiro atoms. The van der Waals surface area contributed by atoms with Crippen molar-refractivity contribution in [1.29, 1.82) is 0 Å². The number of aryl methyl sites for hydroxylation is 1. The molecule has 0 fully saturated rings. The highest BCUT2D eigenvalue weighted by Gasteiger charge is 2.35. The average Bonchev–Trinajstić information content (AvgIpc) is 2.56. The number of hydrogen-bond donors (Lipinski definition) is 1. The number of alkyl halides is 3. The molecule has 1 N–H and O–H groups in total. The molecular weight excluding hydrogens is 229 g/mol. The third kappa shape index (κ3) is 1.67. The van der Waals surface area contributed by atoms with Crippen LogP contribution < -0.4 is 0 Å². The number of fused-ring (bicyclic) bond motifs is 1. The van der Waals surface area contributed by atoms with Crippen LogP contribution in [-0.4, -0.2) is 9.97 Å². The molecule has 0 radical (unpaired) electrons. The third-order valence-corrected chi connectivity index (χ3v) is 2.38. The molecule has 0 unspecified atom stereocenters. The summed E-state index contributed by atoms with van der Waals surface area (Å²) < 4.78 is 37.1. The van der Waals surface area contributed by atoms with E-state index in [-0.39, 0.29) is 16.1 Å². The quantitative estimate of drug-likeness (QED) is 0.742. The Morgan fingerprint density at radius 2 is 2.00 bits per heavy atom. The number of benzene rings is 1. The lowest BCUT2D eigenvalue weighted by Gasteiger charge is -1.99. The summed E-state index contributed by atoms with van der Waals surface area (Å²) in [6.07, 6.45) is -4.48. The predicted molar refractivity (Wildman–Crippen MR) is 50.8 cm³/mol. The predicted octanol–water partition coefficient (Wildman–Crippen LogP) is 3.54. The van der Waals surface area contributed by atoms with Crippen molar-refractivity contribution in [1.82, 2.24) is 9.97 Å². The summed E-state index contributed by atoms with van der Waals surface area (Å²) in [6.45, 7) is 1.68. The zero-order valence-electron chi connectivity index (χ0n) is 7.61. The molecule has 6 heteroatoms. The fourth-order valence-corrected chi connectivity index (χ4v) is 1.53. The van der Waals surface area contributed by atoms with Gasteiger partial charge in [0.25, 0.3) is 0 Å². The average molecular weight is 235 g/mol. The Balaban J connectivity index is 2.76. The van der Waals surface area contributed by atoms with Crippen molar-refractivity contribution in [3.8, 4) is 0 Å². The summed E-state index contributed by atoms with van der Waals surface area (Å²) in [6, 6.07) is 3.17. The Labute approximate surface area is 88.1 Å². The SMILES string of the molecule is Cc1ccc(Cl)c2[nH]c(C(F)(F)F)nc12. The van der Waals surface area contributed by atoms with Gasteiger partial charge in [0, 0.05) is 0 Å². The minimum absolute atomic E-state index is 0.226. The minimum Gasteiger partial charge on any atom is -0.333 e. The fraction of sp³-hybridized carbons (Fsp3) is 0.222. The van der Waals surface area contributed by atoms with Gasteiger partial charge in [-0.2, -0.15) is 13.2 Å². The summed E-state index contributed by atoms with van der Waals surface area (Å²) >= 11 is 5.75. The molecular formula is C9H6ClF3N2. The van der Waals surface area contributed by atoms with E-state index in [0.29, 0.717) is 5.56 Å². The van der Waals surface area contributed by atoms with Gasteiger partial charge in [-0.1, -0.05) is 17.7 Å². The van der Waals surface area contributed by atoms with E-state index in [9.17, 15) is 13.2 Å². The highest BCUT2D eigenvalue weighted by atomic mass is 35.5. The molecule has 15 heavy (non-hydrogen) atoms. The number of aromatic nitrogens is 2. The first-order chi connectivity index (χ1) is 6.89. The smallest absolute Gasteiger partial charge is 0.333 e. The summed E-state index contributed by atoms with van der Waals surface area (Å²) in [5, 5.41) is 0.235. The van der Waals surface area contributed by atoms with E-state index in [1.54, 1.807) is 13.0 Å². The van der Waals surface area contributed by atoms with Crippen LogP contribution in [0.1, 0.15) is 11.4 Å². The lowest BCUT2D eigenvalue weighted by molar-refractivity contribution is -0.144. The van der Waals surface area contributed by atoms with Gasteiger partial charge in [0.15, 0.2) is 0 Å². The third-order valence-electron chi connectivity index (χ3n) is 2.06. The topological polar surface area (TPSA) is 28.7 Å². The molecule has 0 saturated heterocycles. The van der Waals surface area contributed by atoms with Crippen LogP contribution in [0.5, 0.6) is 0 Å². The van der Waals surface area contributed by atoms with Gasteiger partial charge in [-0.25, -0.2) is 4.98 Å². The van der Waals surface area contributed by atoms with Crippen molar-refractivity contribution in [2.75, 3.05) is 0 Å². The van der Waals surface area contributed by atoms with Gasteiger partial charge in [-0.05, 0) is 18.6 Å². The first-order valence-electron chi connectivity index (χ1n) is 4.11. The molecule has 0 aliphatic heterocycles. The molecule has 0 amide bonds. The Kier molecular flexibility index (Phi) is 2.15.